The molecule has 2 heteroatoms. The maximum absolute atomic E-state index is 4.68. The van der Waals surface area contributed by atoms with E-state index in [1.165, 1.54) is 17.2 Å². The molecule has 2 aliphatic rings. The van der Waals surface area contributed by atoms with Crippen LogP contribution in [0.5, 0.6) is 0 Å². The standard InChI is InChI=1S/C10H15NS/c1-3-4-8-6-12-10(11-8)9-5-7(9)2/h3-4,7-9H,5-6H2,1-2H3/b4-3+/t7-,8+,9+/m0/s1. The molecule has 0 amide bonds. The summed E-state index contributed by atoms with van der Waals surface area (Å²) in [5.74, 6) is 2.90. The molecule has 1 saturated carbocycles. The Kier molecular flexibility index (Phi) is 2.26. The fraction of sp³-hybridized carbons (Fsp3) is 0.700. The molecule has 1 aliphatic heterocycles. The van der Waals surface area contributed by atoms with Gasteiger partial charge in [0, 0.05) is 11.7 Å². The molecule has 0 spiro atoms. The maximum atomic E-state index is 4.68. The van der Waals surface area contributed by atoms with E-state index in [0.29, 0.717) is 6.04 Å². The van der Waals surface area contributed by atoms with Crippen LogP contribution in [0.15, 0.2) is 17.1 Å². The zero-order valence-corrected chi connectivity index (χ0v) is 8.47. The van der Waals surface area contributed by atoms with Crippen molar-refractivity contribution in [3.8, 4) is 0 Å². The van der Waals surface area contributed by atoms with Gasteiger partial charge in [-0.2, -0.15) is 0 Å². The van der Waals surface area contributed by atoms with Crippen LogP contribution in [0.3, 0.4) is 0 Å². The van der Waals surface area contributed by atoms with Crippen molar-refractivity contribution >= 4 is 16.8 Å². The Labute approximate surface area is 78.3 Å². The van der Waals surface area contributed by atoms with E-state index in [1.807, 2.05) is 11.8 Å². The fourth-order valence-electron chi connectivity index (χ4n) is 1.60. The summed E-state index contributed by atoms with van der Waals surface area (Å²) in [6, 6.07) is 0.475. The van der Waals surface area contributed by atoms with E-state index in [9.17, 15) is 0 Å². The number of allylic oxidation sites excluding steroid dienone is 1. The minimum Gasteiger partial charge on any atom is -0.274 e. The van der Waals surface area contributed by atoms with Gasteiger partial charge in [0.05, 0.1) is 11.1 Å². The topological polar surface area (TPSA) is 12.4 Å². The van der Waals surface area contributed by atoms with Crippen molar-refractivity contribution < 1.29 is 0 Å². The minimum absolute atomic E-state index is 0.475. The highest BCUT2D eigenvalue weighted by Crippen LogP contribution is 2.44. The smallest absolute Gasteiger partial charge is 0.0783 e. The maximum Gasteiger partial charge on any atom is 0.0783 e. The second-order valence-corrected chi connectivity index (χ2v) is 4.73. The van der Waals surface area contributed by atoms with Crippen LogP contribution in [-0.4, -0.2) is 16.8 Å². The summed E-state index contributed by atoms with van der Waals surface area (Å²) in [6.45, 7) is 4.38. The van der Waals surface area contributed by atoms with Gasteiger partial charge in [0.15, 0.2) is 0 Å². The number of aliphatic imine (C=N–C) groups is 1. The van der Waals surface area contributed by atoms with Gasteiger partial charge in [0.2, 0.25) is 0 Å². The minimum atomic E-state index is 0.475. The van der Waals surface area contributed by atoms with Gasteiger partial charge >= 0.3 is 0 Å². The molecule has 0 aromatic heterocycles. The van der Waals surface area contributed by atoms with Gasteiger partial charge < -0.3 is 0 Å². The highest BCUT2D eigenvalue weighted by molar-refractivity contribution is 8.14. The summed E-state index contributed by atoms with van der Waals surface area (Å²) in [6.07, 6.45) is 5.68. The Balaban J connectivity index is 1.96. The monoisotopic (exact) mass is 181 g/mol. The normalized spacial score (nSPS) is 40.5. The molecule has 2 rings (SSSR count). The molecule has 0 aromatic carbocycles. The van der Waals surface area contributed by atoms with Gasteiger partial charge in [-0.1, -0.05) is 19.1 Å². The molecule has 0 bridgehead atoms. The van der Waals surface area contributed by atoms with E-state index < -0.39 is 0 Å². The van der Waals surface area contributed by atoms with Crippen molar-refractivity contribution in [1.82, 2.24) is 0 Å². The number of nitrogens with zero attached hydrogens (tertiary/aromatic N) is 1. The third kappa shape index (κ3) is 1.58. The molecule has 0 aromatic rings. The predicted molar refractivity (Wildman–Crippen MR) is 55.8 cm³/mol. The van der Waals surface area contributed by atoms with Crippen LogP contribution in [-0.2, 0) is 0 Å². The van der Waals surface area contributed by atoms with Crippen molar-refractivity contribution in [2.75, 3.05) is 5.75 Å². The van der Waals surface area contributed by atoms with Gasteiger partial charge in [0.25, 0.3) is 0 Å². The summed E-state index contributed by atoms with van der Waals surface area (Å²) >= 11 is 1.96. The molecule has 66 valence electrons. The lowest BCUT2D eigenvalue weighted by molar-refractivity contribution is 0.910. The number of thioether (sulfide) groups is 1. The molecule has 1 fully saturated rings. The molecule has 0 saturated heterocycles. The van der Waals surface area contributed by atoms with Crippen LogP contribution in [0.25, 0.3) is 0 Å². The molecule has 0 N–H and O–H groups in total. The van der Waals surface area contributed by atoms with Gasteiger partial charge in [-0.25, -0.2) is 0 Å². The highest BCUT2D eigenvalue weighted by Gasteiger charge is 2.39. The summed E-state index contributed by atoms with van der Waals surface area (Å²) in [5, 5.41) is 1.42. The first-order chi connectivity index (χ1) is 5.81. The zero-order valence-electron chi connectivity index (χ0n) is 7.66. The summed E-state index contributed by atoms with van der Waals surface area (Å²) < 4.78 is 0. The Hall–Kier alpha value is -0.240. The van der Waals surface area contributed by atoms with Crippen LogP contribution in [0.2, 0.25) is 0 Å². The van der Waals surface area contributed by atoms with E-state index in [2.05, 4.69) is 31.0 Å². The number of rotatable bonds is 2. The molecule has 3 atom stereocenters. The molecular weight excluding hydrogens is 166 g/mol. The highest BCUT2D eigenvalue weighted by atomic mass is 32.2. The van der Waals surface area contributed by atoms with Gasteiger partial charge in [-0.15, -0.1) is 11.8 Å². The quantitative estimate of drug-likeness (QED) is 0.597. The molecule has 0 radical (unpaired) electrons. The van der Waals surface area contributed by atoms with Crippen LogP contribution in [0, 0.1) is 11.8 Å². The summed E-state index contributed by atoms with van der Waals surface area (Å²) in [4.78, 5) is 4.68. The van der Waals surface area contributed by atoms with Crippen LogP contribution in [0.1, 0.15) is 20.3 Å². The number of hydrogen-bond donors (Lipinski definition) is 0. The van der Waals surface area contributed by atoms with Crippen LogP contribution >= 0.6 is 11.8 Å². The van der Waals surface area contributed by atoms with Gasteiger partial charge in [0.1, 0.15) is 0 Å². The lowest BCUT2D eigenvalue weighted by atomic mass is 10.3. The third-order valence-corrected chi connectivity index (χ3v) is 3.75. The largest absolute Gasteiger partial charge is 0.274 e. The van der Waals surface area contributed by atoms with E-state index in [-0.39, 0.29) is 0 Å². The molecule has 1 nitrogen and oxygen atoms in total. The lowest BCUT2D eigenvalue weighted by Gasteiger charge is -1.93. The fourth-order valence-corrected chi connectivity index (χ4v) is 2.88. The van der Waals surface area contributed by atoms with Crippen molar-refractivity contribution in [2.45, 2.75) is 26.3 Å². The first-order valence-electron chi connectivity index (χ1n) is 4.64. The second kappa shape index (κ2) is 3.25. The first-order valence-corrected chi connectivity index (χ1v) is 5.63. The van der Waals surface area contributed by atoms with Crippen LogP contribution < -0.4 is 0 Å². The Morgan fingerprint density at radius 2 is 2.33 bits per heavy atom. The molecule has 1 aliphatic carbocycles. The van der Waals surface area contributed by atoms with Gasteiger partial charge in [-0.3, -0.25) is 4.99 Å². The predicted octanol–water partition coefficient (Wildman–Crippen LogP) is 2.73. The molecular formula is C10H15NS. The Bertz CT molecular complexity index is 232. The van der Waals surface area contributed by atoms with Crippen molar-refractivity contribution in [3.63, 3.8) is 0 Å². The number of hydrogen-bond acceptors (Lipinski definition) is 2. The Morgan fingerprint density at radius 1 is 1.58 bits per heavy atom. The zero-order chi connectivity index (χ0) is 8.55. The van der Waals surface area contributed by atoms with Crippen molar-refractivity contribution in [1.29, 1.82) is 0 Å². The molecule has 12 heavy (non-hydrogen) atoms. The average molecular weight is 181 g/mol. The SMILES string of the molecule is C/C=C/[C@@H]1CSC([C@@H]2C[C@@H]2C)=N1. The summed E-state index contributed by atoms with van der Waals surface area (Å²) in [5.41, 5.74) is 0. The van der Waals surface area contributed by atoms with Crippen molar-refractivity contribution in [2.24, 2.45) is 16.8 Å². The average Bonchev–Trinajstić information content (AvgIpc) is 2.62. The van der Waals surface area contributed by atoms with Gasteiger partial charge in [-0.05, 0) is 19.3 Å². The summed E-state index contributed by atoms with van der Waals surface area (Å²) in [7, 11) is 0. The van der Waals surface area contributed by atoms with E-state index >= 15 is 0 Å². The van der Waals surface area contributed by atoms with E-state index in [4.69, 9.17) is 0 Å². The lowest BCUT2D eigenvalue weighted by Crippen LogP contribution is -1.96. The van der Waals surface area contributed by atoms with Crippen LogP contribution in [0.4, 0.5) is 0 Å². The van der Waals surface area contributed by atoms with E-state index in [1.54, 1.807) is 0 Å². The third-order valence-electron chi connectivity index (χ3n) is 2.54. The van der Waals surface area contributed by atoms with E-state index in [0.717, 1.165) is 11.8 Å². The molecule has 0 unspecified atom stereocenters. The first kappa shape index (κ1) is 8.36. The van der Waals surface area contributed by atoms with Crippen molar-refractivity contribution in [3.05, 3.63) is 12.2 Å². The second-order valence-electron chi connectivity index (χ2n) is 3.69. The molecule has 1 heterocycles. The Morgan fingerprint density at radius 3 is 2.92 bits per heavy atom.